The first-order valence-corrected chi connectivity index (χ1v) is 7.17. The summed E-state index contributed by atoms with van der Waals surface area (Å²) in [6, 6.07) is 18.7. The Bertz CT molecular complexity index is 549. The molecule has 0 aliphatic carbocycles. The smallest absolute Gasteiger partial charge is 0.103 e. The zero-order chi connectivity index (χ0) is 14.4. The highest BCUT2D eigenvalue weighted by Crippen LogP contribution is 2.08. The molecule has 0 unspecified atom stereocenters. The van der Waals surface area contributed by atoms with Crippen molar-refractivity contribution in [1.29, 1.82) is 0 Å². The van der Waals surface area contributed by atoms with Crippen LogP contribution in [0.15, 0.2) is 54.6 Å². The summed E-state index contributed by atoms with van der Waals surface area (Å²) in [6.45, 7) is 1.98. The van der Waals surface area contributed by atoms with E-state index >= 15 is 0 Å². The molecular weight excluding hydrogens is 264 g/mol. The lowest BCUT2D eigenvalue weighted by atomic mass is 10.1. The normalized spacial score (nSPS) is 10.7. The summed E-state index contributed by atoms with van der Waals surface area (Å²) in [4.78, 5) is 2.77. The third kappa shape index (κ3) is 4.44. The molecule has 0 bridgehead atoms. The monoisotopic (exact) mass is 284 g/mol. The summed E-state index contributed by atoms with van der Waals surface area (Å²) >= 11 is 4.96. The summed E-state index contributed by atoms with van der Waals surface area (Å²) in [5.41, 5.74) is 9.18. The number of nitrogens with two attached hydrogens (primary N) is 1. The van der Waals surface area contributed by atoms with Gasteiger partial charge in [0.1, 0.15) is 4.99 Å². The standard InChI is InChI=1S/C17H20N2S/c1-19(12-11-14-5-3-2-4-6-14)13-15-7-9-16(10-8-15)17(18)20/h2-10H,11-13H2,1H3,(H2,18,20). The molecule has 0 spiro atoms. The topological polar surface area (TPSA) is 29.3 Å². The molecule has 0 atom stereocenters. The fourth-order valence-corrected chi connectivity index (χ4v) is 2.27. The molecule has 2 nitrogen and oxygen atoms in total. The Morgan fingerprint density at radius 2 is 1.65 bits per heavy atom. The van der Waals surface area contributed by atoms with Gasteiger partial charge in [-0.15, -0.1) is 0 Å². The Kier molecular flexibility index (Phi) is 5.27. The van der Waals surface area contributed by atoms with Gasteiger partial charge in [0.05, 0.1) is 0 Å². The van der Waals surface area contributed by atoms with Crippen molar-refractivity contribution in [3.05, 3.63) is 71.3 Å². The first kappa shape index (κ1) is 14.7. The Labute approximate surface area is 126 Å². The maximum Gasteiger partial charge on any atom is 0.103 e. The minimum absolute atomic E-state index is 0.453. The molecule has 0 amide bonds. The van der Waals surface area contributed by atoms with Crippen molar-refractivity contribution in [2.45, 2.75) is 13.0 Å². The van der Waals surface area contributed by atoms with Crippen LogP contribution < -0.4 is 5.73 Å². The third-order valence-corrected chi connectivity index (χ3v) is 3.55. The van der Waals surface area contributed by atoms with E-state index in [2.05, 4.69) is 54.4 Å². The van der Waals surface area contributed by atoms with Gasteiger partial charge in [-0.3, -0.25) is 0 Å². The van der Waals surface area contributed by atoms with Crippen LogP contribution in [-0.2, 0) is 13.0 Å². The molecule has 2 N–H and O–H groups in total. The van der Waals surface area contributed by atoms with Gasteiger partial charge in [0.25, 0.3) is 0 Å². The van der Waals surface area contributed by atoms with E-state index in [0.717, 1.165) is 25.1 Å². The highest BCUT2D eigenvalue weighted by atomic mass is 32.1. The van der Waals surface area contributed by atoms with Gasteiger partial charge in [-0.05, 0) is 24.6 Å². The Morgan fingerprint density at radius 3 is 2.25 bits per heavy atom. The van der Waals surface area contributed by atoms with Crippen LogP contribution in [-0.4, -0.2) is 23.5 Å². The molecule has 0 radical (unpaired) electrons. The number of hydrogen-bond donors (Lipinski definition) is 1. The van der Waals surface area contributed by atoms with Crippen LogP contribution in [0.2, 0.25) is 0 Å². The van der Waals surface area contributed by atoms with Gasteiger partial charge in [0.15, 0.2) is 0 Å². The molecule has 0 heterocycles. The fourth-order valence-electron chi connectivity index (χ4n) is 2.13. The molecule has 0 saturated heterocycles. The molecular formula is C17H20N2S. The van der Waals surface area contributed by atoms with E-state index in [-0.39, 0.29) is 0 Å². The maximum atomic E-state index is 5.60. The van der Waals surface area contributed by atoms with Crippen molar-refractivity contribution in [1.82, 2.24) is 4.90 Å². The lowest BCUT2D eigenvalue weighted by Crippen LogP contribution is -2.20. The van der Waals surface area contributed by atoms with Gasteiger partial charge in [-0.1, -0.05) is 66.8 Å². The molecule has 2 rings (SSSR count). The summed E-state index contributed by atoms with van der Waals surface area (Å²) < 4.78 is 0. The lowest BCUT2D eigenvalue weighted by molar-refractivity contribution is 0.331. The van der Waals surface area contributed by atoms with Crippen molar-refractivity contribution < 1.29 is 0 Å². The predicted octanol–water partition coefficient (Wildman–Crippen LogP) is 3.00. The van der Waals surface area contributed by atoms with Crippen molar-refractivity contribution in [3.8, 4) is 0 Å². The summed E-state index contributed by atoms with van der Waals surface area (Å²) in [7, 11) is 2.14. The highest BCUT2D eigenvalue weighted by Gasteiger charge is 2.02. The average Bonchev–Trinajstić information content (AvgIpc) is 2.47. The van der Waals surface area contributed by atoms with E-state index < -0.39 is 0 Å². The fraction of sp³-hybridized carbons (Fsp3) is 0.235. The van der Waals surface area contributed by atoms with Gasteiger partial charge >= 0.3 is 0 Å². The van der Waals surface area contributed by atoms with Gasteiger partial charge in [0.2, 0.25) is 0 Å². The third-order valence-electron chi connectivity index (χ3n) is 3.32. The zero-order valence-corrected chi connectivity index (χ0v) is 12.6. The Hall–Kier alpha value is -1.71. The number of hydrogen-bond acceptors (Lipinski definition) is 2. The molecule has 0 aliphatic heterocycles. The molecule has 104 valence electrons. The minimum Gasteiger partial charge on any atom is -0.389 e. The van der Waals surface area contributed by atoms with Crippen LogP contribution >= 0.6 is 12.2 Å². The number of rotatable bonds is 6. The molecule has 0 saturated carbocycles. The number of nitrogens with zero attached hydrogens (tertiary/aromatic N) is 1. The summed E-state index contributed by atoms with van der Waals surface area (Å²) in [5.74, 6) is 0. The molecule has 0 aliphatic rings. The minimum atomic E-state index is 0.453. The van der Waals surface area contributed by atoms with E-state index in [9.17, 15) is 0 Å². The number of benzene rings is 2. The second-order valence-electron chi connectivity index (χ2n) is 5.03. The molecule has 2 aromatic carbocycles. The van der Waals surface area contributed by atoms with E-state index in [1.807, 2.05) is 12.1 Å². The van der Waals surface area contributed by atoms with Gasteiger partial charge in [-0.2, -0.15) is 0 Å². The second-order valence-corrected chi connectivity index (χ2v) is 5.47. The second kappa shape index (κ2) is 7.17. The van der Waals surface area contributed by atoms with Gasteiger partial charge < -0.3 is 10.6 Å². The largest absolute Gasteiger partial charge is 0.389 e. The van der Waals surface area contributed by atoms with Crippen molar-refractivity contribution in [2.24, 2.45) is 5.73 Å². The van der Waals surface area contributed by atoms with E-state index in [1.165, 1.54) is 11.1 Å². The first-order chi connectivity index (χ1) is 9.65. The van der Waals surface area contributed by atoms with Crippen LogP contribution in [0.5, 0.6) is 0 Å². The Morgan fingerprint density at radius 1 is 1.00 bits per heavy atom. The van der Waals surface area contributed by atoms with Crippen LogP contribution in [0, 0.1) is 0 Å². The van der Waals surface area contributed by atoms with E-state index in [1.54, 1.807) is 0 Å². The molecule has 20 heavy (non-hydrogen) atoms. The highest BCUT2D eigenvalue weighted by molar-refractivity contribution is 7.80. The lowest BCUT2D eigenvalue weighted by Gasteiger charge is -2.17. The van der Waals surface area contributed by atoms with Gasteiger partial charge in [0, 0.05) is 18.7 Å². The van der Waals surface area contributed by atoms with Crippen molar-refractivity contribution >= 4 is 17.2 Å². The molecule has 3 heteroatoms. The van der Waals surface area contributed by atoms with Crippen LogP contribution in [0.3, 0.4) is 0 Å². The van der Waals surface area contributed by atoms with Crippen molar-refractivity contribution in [3.63, 3.8) is 0 Å². The number of thiocarbonyl (C=S) groups is 1. The van der Waals surface area contributed by atoms with E-state index in [4.69, 9.17) is 18.0 Å². The SMILES string of the molecule is CN(CCc1ccccc1)Cc1ccc(C(N)=S)cc1. The summed E-state index contributed by atoms with van der Waals surface area (Å²) in [5, 5.41) is 0. The van der Waals surface area contributed by atoms with Crippen LogP contribution in [0.25, 0.3) is 0 Å². The predicted molar refractivity (Wildman–Crippen MR) is 88.8 cm³/mol. The van der Waals surface area contributed by atoms with E-state index in [0.29, 0.717) is 4.99 Å². The average molecular weight is 284 g/mol. The van der Waals surface area contributed by atoms with Crippen molar-refractivity contribution in [2.75, 3.05) is 13.6 Å². The number of likely N-dealkylation sites (N-methyl/N-ethyl adjacent to an activating group) is 1. The molecule has 0 aromatic heterocycles. The van der Waals surface area contributed by atoms with Crippen LogP contribution in [0.4, 0.5) is 0 Å². The van der Waals surface area contributed by atoms with Crippen LogP contribution in [0.1, 0.15) is 16.7 Å². The zero-order valence-electron chi connectivity index (χ0n) is 11.8. The first-order valence-electron chi connectivity index (χ1n) is 6.76. The molecule has 0 fully saturated rings. The maximum absolute atomic E-state index is 5.60. The Balaban J connectivity index is 1.85. The van der Waals surface area contributed by atoms with Gasteiger partial charge in [-0.25, -0.2) is 0 Å². The quantitative estimate of drug-likeness (QED) is 0.827. The summed E-state index contributed by atoms with van der Waals surface area (Å²) in [6.07, 6.45) is 1.07. The molecule has 2 aromatic rings.